The van der Waals surface area contributed by atoms with Crippen LogP contribution >= 0.6 is 0 Å². The summed E-state index contributed by atoms with van der Waals surface area (Å²) < 4.78 is 5.30. The molecular weight excluding hydrogens is 230 g/mol. The Morgan fingerprint density at radius 2 is 2.06 bits per heavy atom. The second-order valence-corrected chi connectivity index (χ2v) is 3.73. The third-order valence-electron chi connectivity index (χ3n) is 2.66. The summed E-state index contributed by atoms with van der Waals surface area (Å²) in [6.07, 6.45) is 5.27. The molecule has 0 atom stereocenters. The Morgan fingerprint density at radius 3 is 2.56 bits per heavy atom. The summed E-state index contributed by atoms with van der Waals surface area (Å²) in [5.41, 5.74) is 1.57. The molecule has 0 amide bonds. The van der Waals surface area contributed by atoms with Gasteiger partial charge in [0.15, 0.2) is 0 Å². The zero-order chi connectivity index (χ0) is 13.0. The van der Waals surface area contributed by atoms with Crippen LogP contribution in [-0.4, -0.2) is 16.1 Å². The summed E-state index contributed by atoms with van der Waals surface area (Å²) >= 11 is 0. The third kappa shape index (κ3) is 2.32. The van der Waals surface area contributed by atoms with E-state index in [-0.39, 0.29) is 5.57 Å². The maximum atomic E-state index is 11.5. The highest BCUT2D eigenvalue weighted by molar-refractivity contribution is 6.23. The van der Waals surface area contributed by atoms with Gasteiger partial charge in [-0.15, -0.1) is 0 Å². The third-order valence-corrected chi connectivity index (χ3v) is 2.66. The summed E-state index contributed by atoms with van der Waals surface area (Å²) in [5.74, 6) is -0.374. The fourth-order valence-corrected chi connectivity index (χ4v) is 1.87. The summed E-state index contributed by atoms with van der Waals surface area (Å²) in [6, 6.07) is 6.88. The molecule has 0 spiro atoms. The first-order valence-electron chi connectivity index (χ1n) is 5.64. The van der Waals surface area contributed by atoms with E-state index in [1.54, 1.807) is 36.7 Å². The van der Waals surface area contributed by atoms with E-state index in [2.05, 4.69) is 4.98 Å². The molecule has 0 aliphatic rings. The average molecular weight is 243 g/mol. The lowest BCUT2D eigenvalue weighted by molar-refractivity contribution is -0.130. The number of rotatable bonds is 4. The number of carboxylic acids is 1. The number of furan rings is 1. The molecule has 2 heterocycles. The minimum atomic E-state index is -0.963. The Morgan fingerprint density at radius 1 is 1.33 bits per heavy atom. The van der Waals surface area contributed by atoms with Crippen LogP contribution in [0.5, 0.6) is 0 Å². The van der Waals surface area contributed by atoms with Crippen LogP contribution in [0.3, 0.4) is 0 Å². The minimum Gasteiger partial charge on any atom is -0.478 e. The molecular formula is C14H13NO3. The van der Waals surface area contributed by atoms with Gasteiger partial charge in [-0.3, -0.25) is 4.98 Å². The summed E-state index contributed by atoms with van der Waals surface area (Å²) in [4.78, 5) is 15.4. The van der Waals surface area contributed by atoms with Crippen LogP contribution in [0.15, 0.2) is 47.3 Å². The summed E-state index contributed by atoms with van der Waals surface area (Å²) in [7, 11) is 0. The van der Waals surface area contributed by atoms with Gasteiger partial charge in [-0.2, -0.15) is 0 Å². The van der Waals surface area contributed by atoms with E-state index in [0.29, 0.717) is 23.3 Å². The number of allylic oxidation sites excluding steroid dienone is 1. The van der Waals surface area contributed by atoms with Crippen molar-refractivity contribution < 1.29 is 14.3 Å². The first-order chi connectivity index (χ1) is 8.74. The lowest BCUT2D eigenvalue weighted by Gasteiger charge is -2.08. The van der Waals surface area contributed by atoms with Crippen LogP contribution in [0.4, 0.5) is 0 Å². The number of carboxylic acid groups (broad SMARTS) is 1. The predicted octanol–water partition coefficient (Wildman–Crippen LogP) is 3.08. The Kier molecular flexibility index (Phi) is 3.57. The van der Waals surface area contributed by atoms with E-state index < -0.39 is 5.97 Å². The van der Waals surface area contributed by atoms with Gasteiger partial charge in [0.25, 0.3) is 0 Å². The molecule has 4 nitrogen and oxygen atoms in total. The monoisotopic (exact) mass is 243 g/mol. The predicted molar refractivity (Wildman–Crippen MR) is 67.7 cm³/mol. The van der Waals surface area contributed by atoms with Crippen molar-refractivity contribution >= 4 is 17.1 Å². The van der Waals surface area contributed by atoms with Crippen LogP contribution < -0.4 is 0 Å². The minimum absolute atomic E-state index is 0.259. The van der Waals surface area contributed by atoms with Crippen LogP contribution in [0.1, 0.15) is 24.7 Å². The summed E-state index contributed by atoms with van der Waals surface area (Å²) in [6.45, 7) is 1.90. The molecule has 0 saturated heterocycles. The molecule has 0 radical (unpaired) electrons. The van der Waals surface area contributed by atoms with E-state index in [9.17, 15) is 9.90 Å². The Hall–Kier alpha value is -2.36. The van der Waals surface area contributed by atoms with Crippen molar-refractivity contribution in [2.45, 2.75) is 13.3 Å². The van der Waals surface area contributed by atoms with Crippen molar-refractivity contribution in [1.29, 1.82) is 0 Å². The van der Waals surface area contributed by atoms with Gasteiger partial charge in [0, 0.05) is 18.0 Å². The highest BCUT2D eigenvalue weighted by Gasteiger charge is 2.18. The molecule has 0 aliphatic carbocycles. The Labute approximate surface area is 105 Å². The molecule has 1 N–H and O–H groups in total. The lowest BCUT2D eigenvalue weighted by Crippen LogP contribution is -2.03. The number of nitrogens with zero attached hydrogens (tertiary/aromatic N) is 1. The quantitative estimate of drug-likeness (QED) is 0.838. The van der Waals surface area contributed by atoms with Gasteiger partial charge in [-0.05, 0) is 36.2 Å². The SMILES string of the molecule is CCC(=C(C(=O)O)c1ccncc1)c1ccco1. The number of carbonyl (C=O) groups is 1. The van der Waals surface area contributed by atoms with Crippen LogP contribution in [0, 0.1) is 0 Å². The molecule has 0 fully saturated rings. The van der Waals surface area contributed by atoms with Crippen molar-refractivity contribution in [2.24, 2.45) is 0 Å². The molecule has 0 aromatic carbocycles. The van der Waals surface area contributed by atoms with Crippen LogP contribution in [0.2, 0.25) is 0 Å². The molecule has 0 saturated carbocycles. The molecule has 0 bridgehead atoms. The molecule has 0 aliphatic heterocycles. The van der Waals surface area contributed by atoms with Gasteiger partial charge >= 0.3 is 5.97 Å². The van der Waals surface area contributed by atoms with Gasteiger partial charge in [-0.25, -0.2) is 4.79 Å². The fourth-order valence-electron chi connectivity index (χ4n) is 1.87. The summed E-state index contributed by atoms with van der Waals surface area (Å²) in [5, 5.41) is 9.41. The zero-order valence-corrected chi connectivity index (χ0v) is 9.96. The van der Waals surface area contributed by atoms with Gasteiger partial charge in [-0.1, -0.05) is 6.92 Å². The lowest BCUT2D eigenvalue weighted by atomic mass is 9.97. The molecule has 92 valence electrons. The Bertz CT molecular complexity index is 556. The van der Waals surface area contributed by atoms with E-state index in [1.807, 2.05) is 6.92 Å². The number of aromatic nitrogens is 1. The molecule has 2 aromatic rings. The van der Waals surface area contributed by atoms with E-state index >= 15 is 0 Å². The molecule has 2 rings (SSSR count). The van der Waals surface area contributed by atoms with Crippen molar-refractivity contribution in [1.82, 2.24) is 4.98 Å². The fraction of sp³-hybridized carbons (Fsp3) is 0.143. The maximum Gasteiger partial charge on any atom is 0.336 e. The number of aliphatic carboxylic acids is 1. The highest BCUT2D eigenvalue weighted by Crippen LogP contribution is 2.29. The van der Waals surface area contributed by atoms with Gasteiger partial charge in [0.05, 0.1) is 11.8 Å². The average Bonchev–Trinajstić information content (AvgIpc) is 2.90. The second-order valence-electron chi connectivity index (χ2n) is 3.73. The van der Waals surface area contributed by atoms with Crippen LogP contribution in [-0.2, 0) is 4.79 Å². The largest absolute Gasteiger partial charge is 0.478 e. The van der Waals surface area contributed by atoms with E-state index in [4.69, 9.17) is 4.42 Å². The smallest absolute Gasteiger partial charge is 0.336 e. The van der Waals surface area contributed by atoms with E-state index in [1.165, 1.54) is 6.26 Å². The molecule has 18 heavy (non-hydrogen) atoms. The van der Waals surface area contributed by atoms with Gasteiger partial charge in [0.1, 0.15) is 5.76 Å². The van der Waals surface area contributed by atoms with Gasteiger partial charge in [0.2, 0.25) is 0 Å². The van der Waals surface area contributed by atoms with Crippen molar-refractivity contribution in [3.05, 3.63) is 54.2 Å². The highest BCUT2D eigenvalue weighted by atomic mass is 16.4. The second kappa shape index (κ2) is 5.31. The standard InChI is InChI=1S/C14H13NO3/c1-2-11(12-4-3-9-18-12)13(14(16)17)10-5-7-15-8-6-10/h3-9H,2H2,1H3,(H,16,17). The number of pyridine rings is 1. The first kappa shape index (κ1) is 12.1. The topological polar surface area (TPSA) is 63.3 Å². The van der Waals surface area contributed by atoms with E-state index in [0.717, 1.165) is 0 Å². The van der Waals surface area contributed by atoms with Crippen molar-refractivity contribution in [3.8, 4) is 0 Å². The zero-order valence-electron chi connectivity index (χ0n) is 9.96. The molecule has 2 aromatic heterocycles. The normalized spacial score (nSPS) is 12.1. The number of hydrogen-bond donors (Lipinski definition) is 1. The van der Waals surface area contributed by atoms with Crippen molar-refractivity contribution in [2.75, 3.05) is 0 Å². The van der Waals surface area contributed by atoms with Crippen LogP contribution in [0.25, 0.3) is 11.1 Å². The maximum absolute atomic E-state index is 11.5. The number of hydrogen-bond acceptors (Lipinski definition) is 3. The molecule has 0 unspecified atom stereocenters. The molecule has 4 heteroatoms. The Balaban J connectivity index is 2.62. The van der Waals surface area contributed by atoms with Crippen molar-refractivity contribution in [3.63, 3.8) is 0 Å². The van der Waals surface area contributed by atoms with Gasteiger partial charge < -0.3 is 9.52 Å². The first-order valence-corrected chi connectivity index (χ1v) is 5.64.